The van der Waals surface area contributed by atoms with E-state index in [0.717, 1.165) is 11.1 Å². The van der Waals surface area contributed by atoms with Gasteiger partial charge in [0.25, 0.3) is 5.56 Å². The summed E-state index contributed by atoms with van der Waals surface area (Å²) in [5.74, 6) is 0. The van der Waals surface area contributed by atoms with Crippen molar-refractivity contribution in [3.8, 4) is 0 Å². The molecule has 0 atom stereocenters. The van der Waals surface area contributed by atoms with E-state index in [4.69, 9.17) is 5.41 Å². The minimum Gasteiger partial charge on any atom is -0.310 e. The molecule has 0 unspecified atom stereocenters. The summed E-state index contributed by atoms with van der Waals surface area (Å²) in [5, 5.41) is 8.69. The molecule has 4 rings (SSSR count). The number of pyridine rings is 2. The number of hydrogen-bond acceptors (Lipinski definition) is 5. The molecule has 3 heterocycles. The van der Waals surface area contributed by atoms with Gasteiger partial charge in [0.1, 0.15) is 21.7 Å². The monoisotopic (exact) mass is 408 g/mol. The highest BCUT2D eigenvalue weighted by molar-refractivity contribution is 7.91. The van der Waals surface area contributed by atoms with Gasteiger partial charge in [-0.05, 0) is 50.6 Å². The fourth-order valence-corrected chi connectivity index (χ4v) is 4.76. The van der Waals surface area contributed by atoms with Crippen molar-refractivity contribution in [2.45, 2.75) is 37.1 Å². The predicted octanol–water partition coefficient (Wildman–Crippen LogP) is 2.60. The second-order valence-electron chi connectivity index (χ2n) is 7.01. The summed E-state index contributed by atoms with van der Waals surface area (Å²) in [7, 11) is -3.97. The summed E-state index contributed by atoms with van der Waals surface area (Å²) < 4.78 is 29.4. The van der Waals surface area contributed by atoms with Crippen molar-refractivity contribution in [3.05, 3.63) is 75.6 Å². The largest absolute Gasteiger partial charge is 0.310 e. The second-order valence-corrected chi connectivity index (χ2v) is 8.92. The molecule has 4 aromatic rings. The Bertz CT molecular complexity index is 1500. The zero-order chi connectivity index (χ0) is 20.9. The molecule has 0 saturated carbocycles. The van der Waals surface area contributed by atoms with E-state index in [1.54, 1.807) is 31.3 Å². The first-order chi connectivity index (χ1) is 13.7. The van der Waals surface area contributed by atoms with E-state index in [9.17, 15) is 13.2 Å². The molecule has 1 N–H and O–H groups in total. The molecule has 1 aromatic carbocycles. The van der Waals surface area contributed by atoms with E-state index >= 15 is 0 Å². The molecule has 0 fully saturated rings. The van der Waals surface area contributed by atoms with Crippen LogP contribution in [0.1, 0.15) is 18.1 Å². The van der Waals surface area contributed by atoms with Crippen LogP contribution in [0.15, 0.2) is 63.2 Å². The Hall–Kier alpha value is -3.26. The van der Waals surface area contributed by atoms with Crippen molar-refractivity contribution in [2.24, 2.45) is 0 Å². The molecule has 0 spiro atoms. The second kappa shape index (κ2) is 6.66. The summed E-state index contributed by atoms with van der Waals surface area (Å²) in [6.45, 7) is 5.83. The molecule has 0 aliphatic rings. The Morgan fingerprint density at radius 1 is 1.03 bits per heavy atom. The maximum absolute atomic E-state index is 13.2. The van der Waals surface area contributed by atoms with E-state index in [1.807, 2.05) is 19.9 Å². The number of fused-ring (bicyclic) bond motifs is 2. The third-order valence-corrected chi connectivity index (χ3v) is 6.74. The number of aromatic nitrogens is 3. The van der Waals surface area contributed by atoms with Gasteiger partial charge in [-0.1, -0.05) is 23.8 Å². The smallest absolute Gasteiger partial charge is 0.267 e. The summed E-state index contributed by atoms with van der Waals surface area (Å²) >= 11 is 0. The Kier molecular flexibility index (Phi) is 4.38. The lowest BCUT2D eigenvalue weighted by molar-refractivity contribution is 0.590. The van der Waals surface area contributed by atoms with Gasteiger partial charge in [-0.25, -0.2) is 13.4 Å². The van der Waals surface area contributed by atoms with Crippen molar-refractivity contribution < 1.29 is 8.42 Å². The number of sulfone groups is 1. The number of aryl methyl sites for hydroxylation is 3. The van der Waals surface area contributed by atoms with Crippen LogP contribution in [0.25, 0.3) is 16.7 Å². The average molecular weight is 408 g/mol. The summed E-state index contributed by atoms with van der Waals surface area (Å²) in [6, 6.07) is 11.3. The molecule has 8 heteroatoms. The fraction of sp³-hybridized carbons (Fsp3) is 0.190. The zero-order valence-corrected chi connectivity index (χ0v) is 17.1. The predicted molar refractivity (Wildman–Crippen MR) is 110 cm³/mol. The molecular weight excluding hydrogens is 388 g/mol. The van der Waals surface area contributed by atoms with Gasteiger partial charge in [-0.15, -0.1) is 0 Å². The van der Waals surface area contributed by atoms with E-state index in [2.05, 4.69) is 4.98 Å². The topological polar surface area (TPSA) is 97.3 Å². The van der Waals surface area contributed by atoms with Crippen molar-refractivity contribution in [1.82, 2.24) is 14.0 Å². The molecule has 148 valence electrons. The van der Waals surface area contributed by atoms with Gasteiger partial charge >= 0.3 is 0 Å². The van der Waals surface area contributed by atoms with Crippen LogP contribution < -0.4 is 11.0 Å². The van der Waals surface area contributed by atoms with Gasteiger partial charge in [0.15, 0.2) is 0 Å². The van der Waals surface area contributed by atoms with Gasteiger partial charge in [0, 0.05) is 12.7 Å². The third kappa shape index (κ3) is 2.96. The summed E-state index contributed by atoms with van der Waals surface area (Å²) in [5.41, 5.74) is 2.01. The molecule has 0 bridgehead atoms. The van der Waals surface area contributed by atoms with Crippen molar-refractivity contribution in [3.63, 3.8) is 0 Å². The average Bonchev–Trinajstić information content (AvgIpc) is 2.69. The van der Waals surface area contributed by atoms with Gasteiger partial charge in [-0.3, -0.25) is 14.6 Å². The Labute approximate surface area is 167 Å². The van der Waals surface area contributed by atoms with Gasteiger partial charge in [-0.2, -0.15) is 0 Å². The highest BCUT2D eigenvalue weighted by Gasteiger charge is 2.23. The first-order valence-electron chi connectivity index (χ1n) is 9.17. The van der Waals surface area contributed by atoms with Crippen LogP contribution in [0, 0.1) is 19.3 Å². The van der Waals surface area contributed by atoms with Gasteiger partial charge in [0.05, 0.1) is 10.3 Å². The first-order valence-corrected chi connectivity index (χ1v) is 10.7. The van der Waals surface area contributed by atoms with Crippen LogP contribution in [-0.2, 0) is 16.4 Å². The lowest BCUT2D eigenvalue weighted by atomic mass is 10.2. The lowest BCUT2D eigenvalue weighted by Gasteiger charge is -2.14. The Morgan fingerprint density at radius 3 is 2.34 bits per heavy atom. The van der Waals surface area contributed by atoms with E-state index in [0.29, 0.717) is 17.8 Å². The third-order valence-electron chi connectivity index (χ3n) is 4.96. The quantitative estimate of drug-likeness (QED) is 0.527. The van der Waals surface area contributed by atoms with E-state index in [1.165, 1.54) is 27.2 Å². The zero-order valence-electron chi connectivity index (χ0n) is 16.3. The number of rotatable bonds is 3. The maximum atomic E-state index is 13.2. The molecule has 0 saturated heterocycles. The molecule has 7 nitrogen and oxygen atoms in total. The van der Waals surface area contributed by atoms with Crippen LogP contribution in [0.3, 0.4) is 0 Å². The van der Waals surface area contributed by atoms with E-state index < -0.39 is 9.84 Å². The summed E-state index contributed by atoms with van der Waals surface area (Å²) in [6.07, 6.45) is 1.67. The maximum Gasteiger partial charge on any atom is 0.267 e. The molecule has 0 radical (unpaired) electrons. The molecule has 0 amide bonds. The van der Waals surface area contributed by atoms with E-state index in [-0.39, 0.29) is 26.2 Å². The van der Waals surface area contributed by atoms with Crippen molar-refractivity contribution in [1.29, 1.82) is 5.41 Å². The Morgan fingerprint density at radius 2 is 1.69 bits per heavy atom. The molecule has 3 aromatic heterocycles. The highest BCUT2D eigenvalue weighted by Crippen LogP contribution is 2.21. The van der Waals surface area contributed by atoms with Gasteiger partial charge < -0.3 is 4.57 Å². The van der Waals surface area contributed by atoms with Crippen LogP contribution in [0.2, 0.25) is 0 Å². The number of nitrogens with zero attached hydrogens (tertiary/aromatic N) is 3. The minimum absolute atomic E-state index is 0.0864. The number of benzene rings is 1. The fourth-order valence-electron chi connectivity index (χ4n) is 3.37. The molecule has 0 aliphatic carbocycles. The van der Waals surface area contributed by atoms with Crippen molar-refractivity contribution >= 4 is 26.5 Å². The molecule has 29 heavy (non-hydrogen) atoms. The molecule has 0 aliphatic heterocycles. The number of hydrogen-bond donors (Lipinski definition) is 1. The number of nitrogens with one attached hydrogen (secondary N) is 1. The standard InChI is InChI=1S/C21H20N4O3S/c1-4-24-19(22)17(29(27,28)15-8-5-13(2)6-9-15)11-16-20(24)23-18-10-7-14(3)12-25(18)21(16)26/h5-12,22H,4H2,1-3H3. The van der Waals surface area contributed by atoms with Crippen LogP contribution >= 0.6 is 0 Å². The lowest BCUT2D eigenvalue weighted by Crippen LogP contribution is -2.29. The van der Waals surface area contributed by atoms with Crippen LogP contribution in [-0.4, -0.2) is 22.4 Å². The van der Waals surface area contributed by atoms with Crippen LogP contribution in [0.4, 0.5) is 0 Å². The first kappa shape index (κ1) is 19.1. The van der Waals surface area contributed by atoms with Gasteiger partial charge in [0.2, 0.25) is 9.84 Å². The SMILES string of the molecule is CCn1c(=N)c(S(=O)(=O)c2ccc(C)cc2)cc2c(=O)n3cc(C)ccc3nc21. The highest BCUT2D eigenvalue weighted by atomic mass is 32.2. The molecular formula is C21H20N4O3S. The van der Waals surface area contributed by atoms with Crippen LogP contribution in [0.5, 0.6) is 0 Å². The minimum atomic E-state index is -3.97. The Balaban J connectivity index is 2.13. The normalized spacial score (nSPS) is 12.0. The van der Waals surface area contributed by atoms with Crippen molar-refractivity contribution in [2.75, 3.05) is 0 Å². The summed E-state index contributed by atoms with van der Waals surface area (Å²) in [4.78, 5) is 17.5.